The van der Waals surface area contributed by atoms with Crippen LogP contribution >= 0.6 is 27.3 Å². The highest BCUT2D eigenvalue weighted by atomic mass is 79.9. The second-order valence-electron chi connectivity index (χ2n) is 10.0. The second kappa shape index (κ2) is 10.8. The molecular weight excluding hydrogens is 544 g/mol. The van der Waals surface area contributed by atoms with Crippen molar-refractivity contribution in [3.63, 3.8) is 0 Å². The predicted octanol–water partition coefficient (Wildman–Crippen LogP) is 3.94. The van der Waals surface area contributed by atoms with Gasteiger partial charge in [-0.1, -0.05) is 45.0 Å². The number of thiophene rings is 1. The molecule has 1 amide bonds. The van der Waals surface area contributed by atoms with E-state index in [1.165, 1.54) is 11.3 Å². The maximum absolute atomic E-state index is 13.1. The number of amides is 1. The van der Waals surface area contributed by atoms with Crippen molar-refractivity contribution in [1.29, 1.82) is 0 Å². The van der Waals surface area contributed by atoms with Gasteiger partial charge in [0, 0.05) is 35.9 Å². The summed E-state index contributed by atoms with van der Waals surface area (Å²) in [5.41, 5.74) is 1.70. The number of aliphatic hydroxyl groups is 1. The highest BCUT2D eigenvalue weighted by Gasteiger charge is 2.39. The minimum absolute atomic E-state index is 0.0636. The average Bonchev–Trinajstić information content (AvgIpc) is 3.30. The van der Waals surface area contributed by atoms with E-state index < -0.39 is 24.2 Å². The zero-order valence-electron chi connectivity index (χ0n) is 20.3. The van der Waals surface area contributed by atoms with E-state index >= 15 is 0 Å². The summed E-state index contributed by atoms with van der Waals surface area (Å²) in [7, 11) is 0. The van der Waals surface area contributed by atoms with Crippen LogP contribution in [0, 0.1) is 5.92 Å². The van der Waals surface area contributed by atoms with Gasteiger partial charge in [0.25, 0.3) is 5.91 Å². The van der Waals surface area contributed by atoms with Gasteiger partial charge in [-0.3, -0.25) is 14.5 Å². The summed E-state index contributed by atoms with van der Waals surface area (Å²) in [6.07, 6.45) is 2.73. The van der Waals surface area contributed by atoms with Gasteiger partial charge < -0.3 is 15.5 Å². The molecule has 1 fully saturated rings. The fourth-order valence-electron chi connectivity index (χ4n) is 3.98. The first-order valence-electron chi connectivity index (χ1n) is 11.6. The van der Waals surface area contributed by atoms with Crippen LogP contribution in [0.1, 0.15) is 40.9 Å². The molecule has 0 aliphatic carbocycles. The largest absolute Gasteiger partial charge is 0.481 e. The van der Waals surface area contributed by atoms with Crippen molar-refractivity contribution in [2.75, 3.05) is 13.1 Å². The lowest BCUT2D eigenvalue weighted by Crippen LogP contribution is -2.61. The number of halogens is 1. The van der Waals surface area contributed by atoms with Gasteiger partial charge in [0.2, 0.25) is 0 Å². The molecule has 0 bridgehead atoms. The molecule has 1 saturated heterocycles. The summed E-state index contributed by atoms with van der Waals surface area (Å²) < 4.78 is 0.798. The highest BCUT2D eigenvalue weighted by molar-refractivity contribution is 9.10. The monoisotopic (exact) mass is 572 g/mol. The number of carbonyl (C=O) groups is 2. The quantitative estimate of drug-likeness (QED) is 0.374. The molecule has 190 valence electrons. The van der Waals surface area contributed by atoms with Gasteiger partial charge in [-0.25, -0.2) is 9.97 Å². The second-order valence-corrected chi connectivity index (χ2v) is 12.0. The van der Waals surface area contributed by atoms with Gasteiger partial charge in [-0.2, -0.15) is 0 Å². The number of aliphatic carboxylic acids is 1. The number of aromatic nitrogens is 2. The van der Waals surface area contributed by atoms with Crippen LogP contribution in [-0.2, 0) is 16.6 Å². The number of carboxylic acid groups (broad SMARTS) is 1. The minimum atomic E-state index is -1.01. The van der Waals surface area contributed by atoms with Crippen molar-refractivity contribution in [3.05, 3.63) is 68.6 Å². The Labute approximate surface area is 222 Å². The van der Waals surface area contributed by atoms with Crippen LogP contribution in [0.4, 0.5) is 0 Å². The normalized spacial score (nSPS) is 16.2. The fraction of sp³-hybridized carbons (Fsp3) is 0.385. The molecule has 2 aromatic heterocycles. The Kier molecular flexibility index (Phi) is 7.89. The number of carboxylic acids is 1. The molecule has 0 saturated carbocycles. The molecular formula is C26H29BrN4O4S. The SMILES string of the molecule is CC(C)(C)c1ccc(C(=O)N[C@@H](Cc2ccc(-c3ncc(Br)cn3)cc2)[C@H](O)N2CC(C(=O)O)C2)s1. The molecule has 1 aliphatic heterocycles. The molecule has 36 heavy (non-hydrogen) atoms. The highest BCUT2D eigenvalue weighted by Crippen LogP contribution is 2.30. The Morgan fingerprint density at radius 2 is 1.78 bits per heavy atom. The maximum Gasteiger partial charge on any atom is 0.309 e. The van der Waals surface area contributed by atoms with E-state index in [0.717, 1.165) is 20.5 Å². The van der Waals surface area contributed by atoms with E-state index in [0.29, 0.717) is 17.1 Å². The van der Waals surface area contributed by atoms with Crippen LogP contribution in [-0.4, -0.2) is 62.3 Å². The molecule has 0 radical (unpaired) electrons. The van der Waals surface area contributed by atoms with Gasteiger partial charge in [0.15, 0.2) is 5.82 Å². The molecule has 1 aliphatic rings. The Balaban J connectivity index is 1.50. The zero-order valence-corrected chi connectivity index (χ0v) is 22.7. The van der Waals surface area contributed by atoms with E-state index in [2.05, 4.69) is 52.0 Å². The number of benzene rings is 1. The van der Waals surface area contributed by atoms with E-state index in [4.69, 9.17) is 0 Å². The summed E-state index contributed by atoms with van der Waals surface area (Å²) in [4.78, 5) is 36.3. The van der Waals surface area contributed by atoms with Gasteiger partial charge in [0.1, 0.15) is 6.23 Å². The van der Waals surface area contributed by atoms with Crippen molar-refractivity contribution in [3.8, 4) is 11.4 Å². The van der Waals surface area contributed by atoms with Crippen molar-refractivity contribution in [2.45, 2.75) is 44.9 Å². The van der Waals surface area contributed by atoms with Gasteiger partial charge >= 0.3 is 5.97 Å². The van der Waals surface area contributed by atoms with Crippen LogP contribution in [0.15, 0.2) is 53.3 Å². The molecule has 4 rings (SSSR count). The van der Waals surface area contributed by atoms with E-state index in [1.54, 1.807) is 23.4 Å². The third-order valence-electron chi connectivity index (χ3n) is 6.17. The number of aliphatic hydroxyl groups excluding tert-OH is 1. The lowest BCUT2D eigenvalue weighted by Gasteiger charge is -2.42. The molecule has 0 unspecified atom stereocenters. The van der Waals surface area contributed by atoms with Crippen LogP contribution < -0.4 is 5.32 Å². The van der Waals surface area contributed by atoms with Crippen LogP contribution in [0.3, 0.4) is 0 Å². The Morgan fingerprint density at radius 3 is 2.33 bits per heavy atom. The van der Waals surface area contributed by atoms with Gasteiger partial charge in [0.05, 0.1) is 21.3 Å². The van der Waals surface area contributed by atoms with Crippen molar-refractivity contribution >= 4 is 39.1 Å². The molecule has 1 aromatic carbocycles. The summed E-state index contributed by atoms with van der Waals surface area (Å²) in [6, 6.07) is 10.8. The van der Waals surface area contributed by atoms with Gasteiger partial charge in [-0.05, 0) is 45.5 Å². The maximum atomic E-state index is 13.1. The molecule has 3 heterocycles. The topological polar surface area (TPSA) is 116 Å². The Bertz CT molecular complexity index is 1220. The van der Waals surface area contributed by atoms with E-state index in [-0.39, 0.29) is 24.4 Å². The van der Waals surface area contributed by atoms with Gasteiger partial charge in [-0.15, -0.1) is 11.3 Å². The van der Waals surface area contributed by atoms with E-state index in [9.17, 15) is 19.8 Å². The number of likely N-dealkylation sites (tertiary alicyclic amines) is 1. The standard InChI is InChI=1S/C26H29BrN4O4S/c1-26(2,3)21-9-8-20(36-21)23(32)30-19(24(33)31-13-17(14-31)25(34)35)10-15-4-6-16(7-5-15)22-28-11-18(27)12-29-22/h4-9,11-12,17,19,24,33H,10,13-14H2,1-3H3,(H,30,32)(H,34,35)/t19-,24-/m0/s1. The minimum Gasteiger partial charge on any atom is -0.481 e. The lowest BCUT2D eigenvalue weighted by molar-refractivity contribution is -0.155. The molecule has 3 aromatic rings. The predicted molar refractivity (Wildman–Crippen MR) is 142 cm³/mol. The van der Waals surface area contributed by atoms with Crippen LogP contribution in [0.25, 0.3) is 11.4 Å². The number of hydrogen-bond acceptors (Lipinski definition) is 7. The fourth-order valence-corrected chi connectivity index (χ4v) is 5.15. The lowest BCUT2D eigenvalue weighted by atomic mass is 9.95. The molecule has 10 heteroatoms. The summed E-state index contributed by atoms with van der Waals surface area (Å²) in [5.74, 6) is -1.04. The van der Waals surface area contributed by atoms with Crippen molar-refractivity contribution in [2.24, 2.45) is 5.92 Å². The first-order chi connectivity index (χ1) is 17.0. The number of carbonyl (C=O) groups excluding carboxylic acids is 1. The summed E-state index contributed by atoms with van der Waals surface area (Å²) in [5, 5.41) is 23.3. The Hall–Kier alpha value is -2.66. The first kappa shape index (κ1) is 26.4. The molecule has 8 nitrogen and oxygen atoms in total. The zero-order chi connectivity index (χ0) is 26.0. The van der Waals surface area contributed by atoms with E-state index in [1.807, 2.05) is 30.3 Å². The molecule has 2 atom stereocenters. The third-order valence-corrected chi connectivity index (χ3v) is 8.09. The molecule has 3 N–H and O–H groups in total. The number of rotatable bonds is 8. The summed E-state index contributed by atoms with van der Waals surface area (Å²) >= 11 is 4.77. The number of hydrogen-bond donors (Lipinski definition) is 3. The van der Waals surface area contributed by atoms with Crippen molar-refractivity contribution in [1.82, 2.24) is 20.2 Å². The number of nitrogens with zero attached hydrogens (tertiary/aromatic N) is 3. The average molecular weight is 574 g/mol. The van der Waals surface area contributed by atoms with Crippen LogP contribution in [0.5, 0.6) is 0 Å². The van der Waals surface area contributed by atoms with Crippen LogP contribution in [0.2, 0.25) is 0 Å². The third kappa shape index (κ3) is 6.18. The first-order valence-corrected chi connectivity index (χ1v) is 13.2. The Morgan fingerprint density at radius 1 is 1.14 bits per heavy atom. The molecule has 0 spiro atoms. The number of nitrogens with one attached hydrogen (secondary N) is 1. The smallest absolute Gasteiger partial charge is 0.309 e. The summed E-state index contributed by atoms with van der Waals surface area (Å²) in [6.45, 7) is 6.78. The van der Waals surface area contributed by atoms with Crippen molar-refractivity contribution < 1.29 is 19.8 Å².